The van der Waals surface area contributed by atoms with Crippen LogP contribution < -0.4 is 11.1 Å². The van der Waals surface area contributed by atoms with Gasteiger partial charge in [-0.05, 0) is 25.0 Å². The minimum atomic E-state index is 0. The number of rotatable bonds is 4. The summed E-state index contributed by atoms with van der Waals surface area (Å²) in [7, 11) is 0. The number of hydrogen-bond acceptors (Lipinski definition) is 2. The molecular formula is C13H20IN5. The zero-order chi connectivity index (χ0) is 13.0. The molecule has 0 fully saturated rings. The van der Waals surface area contributed by atoms with Crippen LogP contribution in [0.4, 0.5) is 0 Å². The number of benzene rings is 1. The summed E-state index contributed by atoms with van der Waals surface area (Å²) >= 11 is 0. The minimum Gasteiger partial charge on any atom is -0.370 e. The highest BCUT2D eigenvalue weighted by Crippen LogP contribution is 2.15. The van der Waals surface area contributed by atoms with Gasteiger partial charge in [0.1, 0.15) is 12.4 Å². The summed E-state index contributed by atoms with van der Waals surface area (Å²) in [5.41, 5.74) is 8.94. The molecule has 104 valence electrons. The van der Waals surface area contributed by atoms with Gasteiger partial charge in [-0.25, -0.2) is 9.98 Å². The van der Waals surface area contributed by atoms with Gasteiger partial charge in [-0.3, -0.25) is 0 Å². The second-order valence-electron chi connectivity index (χ2n) is 4.28. The summed E-state index contributed by atoms with van der Waals surface area (Å²) in [6, 6.07) is 6.08. The maximum Gasteiger partial charge on any atom is 0.189 e. The first-order chi connectivity index (χ1) is 8.70. The van der Waals surface area contributed by atoms with Crippen LogP contribution in [-0.4, -0.2) is 22.5 Å². The Bertz CT molecular complexity index is 561. The van der Waals surface area contributed by atoms with Gasteiger partial charge in [0, 0.05) is 6.54 Å². The average molecular weight is 373 g/mol. The quantitative estimate of drug-likeness (QED) is 0.437. The van der Waals surface area contributed by atoms with Gasteiger partial charge >= 0.3 is 0 Å². The lowest BCUT2D eigenvalue weighted by Gasteiger charge is -2.01. The number of nitrogens with two attached hydrogens (primary N) is 1. The van der Waals surface area contributed by atoms with E-state index in [9.17, 15) is 0 Å². The third-order valence-corrected chi connectivity index (χ3v) is 2.72. The normalized spacial score (nSPS) is 11.4. The van der Waals surface area contributed by atoms with Gasteiger partial charge in [0.2, 0.25) is 0 Å². The molecule has 4 N–H and O–H groups in total. The maximum atomic E-state index is 5.73. The van der Waals surface area contributed by atoms with Crippen molar-refractivity contribution in [2.75, 3.05) is 6.54 Å². The predicted octanol–water partition coefficient (Wildman–Crippen LogP) is 2.30. The summed E-state index contributed by atoms with van der Waals surface area (Å²) in [6.07, 6.45) is 1.03. The van der Waals surface area contributed by atoms with Gasteiger partial charge in [0.05, 0.1) is 11.0 Å². The van der Waals surface area contributed by atoms with Crippen molar-refractivity contribution < 1.29 is 0 Å². The minimum absolute atomic E-state index is 0. The van der Waals surface area contributed by atoms with Crippen LogP contribution in [0.15, 0.2) is 23.2 Å². The van der Waals surface area contributed by atoms with E-state index in [1.54, 1.807) is 0 Å². The zero-order valence-electron chi connectivity index (χ0n) is 11.2. The molecule has 1 heterocycles. The highest BCUT2D eigenvalue weighted by molar-refractivity contribution is 14.0. The van der Waals surface area contributed by atoms with Gasteiger partial charge in [-0.15, -0.1) is 24.0 Å². The molecule has 19 heavy (non-hydrogen) atoms. The number of guanidine groups is 1. The number of aromatic amines is 1. The molecule has 0 atom stereocenters. The Morgan fingerprint density at radius 3 is 2.95 bits per heavy atom. The summed E-state index contributed by atoms with van der Waals surface area (Å²) in [4.78, 5) is 12.0. The molecule has 0 aliphatic heterocycles. The van der Waals surface area contributed by atoms with Crippen molar-refractivity contribution in [1.29, 1.82) is 0 Å². The molecule has 2 aromatic rings. The Labute approximate surface area is 130 Å². The van der Waals surface area contributed by atoms with Gasteiger partial charge < -0.3 is 16.0 Å². The van der Waals surface area contributed by atoms with Crippen molar-refractivity contribution in [2.24, 2.45) is 10.7 Å². The van der Waals surface area contributed by atoms with E-state index >= 15 is 0 Å². The number of halogens is 1. The van der Waals surface area contributed by atoms with Crippen LogP contribution in [0.2, 0.25) is 0 Å². The van der Waals surface area contributed by atoms with E-state index in [2.05, 4.69) is 27.2 Å². The molecule has 0 aliphatic carbocycles. The largest absolute Gasteiger partial charge is 0.370 e. The van der Waals surface area contributed by atoms with Crippen LogP contribution in [0.1, 0.15) is 24.7 Å². The van der Waals surface area contributed by atoms with E-state index in [0.29, 0.717) is 12.5 Å². The second-order valence-corrected chi connectivity index (χ2v) is 4.28. The summed E-state index contributed by atoms with van der Waals surface area (Å²) in [6.45, 7) is 5.45. The Balaban J connectivity index is 0.00000180. The molecule has 0 aliphatic rings. The Kier molecular flexibility index (Phi) is 6.07. The number of imidazole rings is 1. The lowest BCUT2D eigenvalue weighted by atomic mass is 10.2. The van der Waals surface area contributed by atoms with Crippen molar-refractivity contribution in [1.82, 2.24) is 15.3 Å². The SMILES string of the molecule is CCCNC(N)=NCc1nc2c(C)cccc2[nH]1.I. The number of aryl methyl sites for hydroxylation is 1. The van der Waals surface area contributed by atoms with Crippen LogP contribution in [0.5, 0.6) is 0 Å². The third kappa shape index (κ3) is 4.09. The Morgan fingerprint density at radius 1 is 1.47 bits per heavy atom. The average Bonchev–Trinajstić information content (AvgIpc) is 2.78. The number of hydrogen-bond donors (Lipinski definition) is 3. The molecule has 0 saturated carbocycles. The van der Waals surface area contributed by atoms with Gasteiger partial charge in [-0.1, -0.05) is 19.1 Å². The summed E-state index contributed by atoms with van der Waals surface area (Å²) < 4.78 is 0. The van der Waals surface area contributed by atoms with Crippen molar-refractivity contribution >= 4 is 41.0 Å². The fourth-order valence-electron chi connectivity index (χ4n) is 1.77. The molecule has 1 aromatic heterocycles. The molecular weight excluding hydrogens is 353 g/mol. The molecule has 2 rings (SSSR count). The standard InChI is InChI=1S/C13H19N5.HI/c1-3-7-15-13(14)16-8-11-17-10-6-4-5-9(2)12(10)18-11;/h4-6H,3,7-8H2,1-2H3,(H,17,18)(H3,14,15,16);1H. The molecule has 0 saturated heterocycles. The van der Waals surface area contributed by atoms with Crippen molar-refractivity contribution in [2.45, 2.75) is 26.8 Å². The number of aromatic nitrogens is 2. The number of para-hydroxylation sites is 1. The summed E-state index contributed by atoms with van der Waals surface area (Å²) in [5, 5.41) is 3.03. The second kappa shape index (κ2) is 7.32. The number of fused-ring (bicyclic) bond motifs is 1. The lowest BCUT2D eigenvalue weighted by Crippen LogP contribution is -2.32. The monoisotopic (exact) mass is 373 g/mol. The van der Waals surface area contributed by atoms with Gasteiger partial charge in [-0.2, -0.15) is 0 Å². The number of H-pyrrole nitrogens is 1. The van der Waals surface area contributed by atoms with E-state index in [1.807, 2.05) is 25.1 Å². The zero-order valence-corrected chi connectivity index (χ0v) is 13.6. The molecule has 0 bridgehead atoms. The number of nitrogens with zero attached hydrogens (tertiary/aromatic N) is 2. The highest BCUT2D eigenvalue weighted by atomic mass is 127. The Hall–Kier alpha value is -1.31. The molecule has 0 amide bonds. The molecule has 0 spiro atoms. The first-order valence-corrected chi connectivity index (χ1v) is 6.18. The van der Waals surface area contributed by atoms with E-state index in [1.165, 1.54) is 0 Å². The smallest absolute Gasteiger partial charge is 0.189 e. The van der Waals surface area contributed by atoms with Crippen LogP contribution in [-0.2, 0) is 6.54 Å². The fraction of sp³-hybridized carbons (Fsp3) is 0.385. The van der Waals surface area contributed by atoms with Crippen molar-refractivity contribution in [3.8, 4) is 0 Å². The van der Waals surface area contributed by atoms with Gasteiger partial charge in [0.15, 0.2) is 5.96 Å². The van der Waals surface area contributed by atoms with E-state index in [4.69, 9.17) is 5.73 Å². The van der Waals surface area contributed by atoms with E-state index in [-0.39, 0.29) is 24.0 Å². The highest BCUT2D eigenvalue weighted by Gasteiger charge is 2.03. The Morgan fingerprint density at radius 2 is 2.26 bits per heavy atom. The topological polar surface area (TPSA) is 79.1 Å². The van der Waals surface area contributed by atoms with Crippen molar-refractivity contribution in [3.05, 3.63) is 29.6 Å². The van der Waals surface area contributed by atoms with Crippen LogP contribution in [0, 0.1) is 6.92 Å². The molecule has 6 heteroatoms. The molecule has 1 aromatic carbocycles. The van der Waals surface area contributed by atoms with Crippen LogP contribution in [0.3, 0.4) is 0 Å². The predicted molar refractivity (Wildman–Crippen MR) is 89.9 cm³/mol. The third-order valence-electron chi connectivity index (χ3n) is 2.72. The summed E-state index contributed by atoms with van der Waals surface area (Å²) in [5.74, 6) is 1.30. The lowest BCUT2D eigenvalue weighted by molar-refractivity contribution is 0.821. The van der Waals surface area contributed by atoms with Crippen molar-refractivity contribution in [3.63, 3.8) is 0 Å². The van der Waals surface area contributed by atoms with Gasteiger partial charge in [0.25, 0.3) is 0 Å². The van der Waals surface area contributed by atoms with Crippen LogP contribution in [0.25, 0.3) is 11.0 Å². The maximum absolute atomic E-state index is 5.73. The fourth-order valence-corrected chi connectivity index (χ4v) is 1.77. The number of nitrogens with one attached hydrogen (secondary N) is 2. The molecule has 5 nitrogen and oxygen atoms in total. The van der Waals surface area contributed by atoms with E-state index in [0.717, 1.165) is 35.4 Å². The van der Waals surface area contributed by atoms with E-state index < -0.39 is 0 Å². The number of aliphatic imine (C=N–C) groups is 1. The molecule has 0 unspecified atom stereocenters. The van der Waals surface area contributed by atoms with Crippen LogP contribution >= 0.6 is 24.0 Å². The first kappa shape index (κ1) is 15.7. The first-order valence-electron chi connectivity index (χ1n) is 6.18. The molecule has 0 radical (unpaired) electrons.